The smallest absolute Gasteiger partial charge is 0.161 e. The summed E-state index contributed by atoms with van der Waals surface area (Å²) in [5.74, 6) is 2.22. The van der Waals surface area contributed by atoms with Crippen molar-refractivity contribution >= 4 is 0 Å². The second-order valence-electron chi connectivity index (χ2n) is 5.24. The van der Waals surface area contributed by atoms with E-state index >= 15 is 0 Å². The van der Waals surface area contributed by atoms with Crippen LogP contribution in [0.4, 0.5) is 0 Å². The molecule has 0 saturated carbocycles. The second-order valence-corrected chi connectivity index (χ2v) is 5.24. The monoisotopic (exact) mass is 331 g/mol. The standard InChI is InChI=1S/C19H25NO4/c1-3-23-19-12-16(6-9-18(19)24-11-10-21)14-20-13-15-4-7-17(22-2)8-5-15/h4-9,12,20-21H,3,10-11,13-14H2,1-2H3. The highest BCUT2D eigenvalue weighted by atomic mass is 16.5. The molecule has 2 rings (SSSR count). The van der Waals surface area contributed by atoms with Crippen molar-refractivity contribution in [2.24, 2.45) is 0 Å². The van der Waals surface area contributed by atoms with Crippen LogP contribution in [0.1, 0.15) is 18.1 Å². The SMILES string of the molecule is CCOc1cc(CNCc2ccc(OC)cc2)ccc1OCCO. The average Bonchev–Trinajstić information content (AvgIpc) is 2.62. The van der Waals surface area contributed by atoms with Crippen LogP contribution in [-0.4, -0.2) is 32.0 Å². The molecule has 0 saturated heterocycles. The Bertz CT molecular complexity index is 613. The number of aliphatic hydroxyl groups is 1. The first-order chi connectivity index (χ1) is 11.8. The predicted octanol–water partition coefficient (Wildman–Crippen LogP) is 2.75. The van der Waals surface area contributed by atoms with Crippen molar-refractivity contribution in [2.45, 2.75) is 20.0 Å². The van der Waals surface area contributed by atoms with E-state index < -0.39 is 0 Å². The van der Waals surface area contributed by atoms with Crippen LogP contribution in [0.5, 0.6) is 17.2 Å². The van der Waals surface area contributed by atoms with Crippen LogP contribution in [0.25, 0.3) is 0 Å². The number of benzene rings is 2. The lowest BCUT2D eigenvalue weighted by molar-refractivity contribution is 0.194. The van der Waals surface area contributed by atoms with Crippen molar-refractivity contribution in [1.29, 1.82) is 0 Å². The summed E-state index contributed by atoms with van der Waals surface area (Å²) >= 11 is 0. The van der Waals surface area contributed by atoms with Crippen LogP contribution >= 0.6 is 0 Å². The summed E-state index contributed by atoms with van der Waals surface area (Å²) in [5.41, 5.74) is 2.31. The fourth-order valence-corrected chi connectivity index (χ4v) is 2.30. The highest BCUT2D eigenvalue weighted by Crippen LogP contribution is 2.28. The molecule has 0 bridgehead atoms. The zero-order valence-corrected chi connectivity index (χ0v) is 14.2. The lowest BCUT2D eigenvalue weighted by atomic mass is 10.2. The van der Waals surface area contributed by atoms with Crippen molar-refractivity contribution in [1.82, 2.24) is 5.32 Å². The number of aliphatic hydroxyl groups excluding tert-OH is 1. The van der Waals surface area contributed by atoms with Crippen LogP contribution in [0.15, 0.2) is 42.5 Å². The molecular weight excluding hydrogens is 306 g/mol. The van der Waals surface area contributed by atoms with Crippen LogP contribution in [0, 0.1) is 0 Å². The molecule has 0 heterocycles. The topological polar surface area (TPSA) is 60.0 Å². The molecule has 2 N–H and O–H groups in total. The minimum atomic E-state index is -0.0171. The zero-order chi connectivity index (χ0) is 17.2. The summed E-state index contributed by atoms with van der Waals surface area (Å²) in [6.07, 6.45) is 0. The molecule has 24 heavy (non-hydrogen) atoms. The molecule has 0 aliphatic rings. The first-order valence-corrected chi connectivity index (χ1v) is 8.09. The molecule has 130 valence electrons. The van der Waals surface area contributed by atoms with Gasteiger partial charge in [-0.25, -0.2) is 0 Å². The Hall–Kier alpha value is -2.24. The minimum Gasteiger partial charge on any atom is -0.497 e. The lowest BCUT2D eigenvalue weighted by Crippen LogP contribution is -2.13. The van der Waals surface area contributed by atoms with E-state index in [4.69, 9.17) is 19.3 Å². The van der Waals surface area contributed by atoms with Crippen molar-refractivity contribution < 1.29 is 19.3 Å². The number of nitrogens with one attached hydrogen (secondary N) is 1. The molecule has 2 aromatic rings. The van der Waals surface area contributed by atoms with Crippen LogP contribution < -0.4 is 19.5 Å². The molecule has 2 aromatic carbocycles. The van der Waals surface area contributed by atoms with E-state index in [1.807, 2.05) is 49.4 Å². The summed E-state index contributed by atoms with van der Waals surface area (Å²) in [7, 11) is 1.66. The Morgan fingerprint density at radius 2 is 1.62 bits per heavy atom. The van der Waals surface area contributed by atoms with Gasteiger partial charge in [0.2, 0.25) is 0 Å². The first-order valence-electron chi connectivity index (χ1n) is 8.09. The molecule has 5 nitrogen and oxygen atoms in total. The third-order valence-electron chi connectivity index (χ3n) is 3.47. The highest BCUT2D eigenvalue weighted by Gasteiger charge is 2.06. The van der Waals surface area contributed by atoms with E-state index in [0.717, 1.165) is 24.4 Å². The predicted molar refractivity (Wildman–Crippen MR) is 93.7 cm³/mol. The highest BCUT2D eigenvalue weighted by molar-refractivity contribution is 5.43. The molecular formula is C19H25NO4. The molecule has 0 unspecified atom stereocenters. The van der Waals surface area contributed by atoms with Crippen molar-refractivity contribution in [3.8, 4) is 17.2 Å². The summed E-state index contributed by atoms with van der Waals surface area (Å²) in [6, 6.07) is 13.8. The Morgan fingerprint density at radius 3 is 2.29 bits per heavy atom. The zero-order valence-electron chi connectivity index (χ0n) is 14.2. The van der Waals surface area contributed by atoms with Crippen LogP contribution in [0.2, 0.25) is 0 Å². The fourth-order valence-electron chi connectivity index (χ4n) is 2.30. The molecule has 0 aliphatic heterocycles. The molecule has 0 fully saturated rings. The van der Waals surface area contributed by atoms with Gasteiger partial charge >= 0.3 is 0 Å². The largest absolute Gasteiger partial charge is 0.497 e. The van der Waals surface area contributed by atoms with E-state index in [2.05, 4.69) is 5.32 Å². The summed E-state index contributed by atoms with van der Waals surface area (Å²) < 4.78 is 16.3. The Morgan fingerprint density at radius 1 is 0.917 bits per heavy atom. The van der Waals surface area contributed by atoms with Gasteiger partial charge in [-0.2, -0.15) is 0 Å². The quantitative estimate of drug-likeness (QED) is 0.701. The fraction of sp³-hybridized carbons (Fsp3) is 0.368. The van der Waals surface area contributed by atoms with Crippen molar-refractivity contribution in [3.05, 3.63) is 53.6 Å². The molecule has 0 radical (unpaired) electrons. The number of rotatable bonds is 10. The third-order valence-corrected chi connectivity index (χ3v) is 3.47. The average molecular weight is 331 g/mol. The normalized spacial score (nSPS) is 10.5. The van der Waals surface area contributed by atoms with Gasteiger partial charge in [-0.3, -0.25) is 0 Å². The summed E-state index contributed by atoms with van der Waals surface area (Å²) in [4.78, 5) is 0. The van der Waals surface area contributed by atoms with Crippen LogP contribution in [-0.2, 0) is 13.1 Å². The second kappa shape index (κ2) is 9.80. The van der Waals surface area contributed by atoms with Gasteiger partial charge in [0, 0.05) is 13.1 Å². The Labute approximate surface area is 143 Å². The Balaban J connectivity index is 1.92. The van der Waals surface area contributed by atoms with Crippen molar-refractivity contribution in [2.75, 3.05) is 26.9 Å². The molecule has 0 atom stereocenters. The van der Waals surface area contributed by atoms with Crippen molar-refractivity contribution in [3.63, 3.8) is 0 Å². The number of hydrogen-bond donors (Lipinski definition) is 2. The minimum absolute atomic E-state index is 0.0171. The Kier molecular flexibility index (Phi) is 7.39. The van der Waals surface area contributed by atoms with Gasteiger partial charge in [-0.05, 0) is 42.3 Å². The van der Waals surface area contributed by atoms with Gasteiger partial charge in [0.25, 0.3) is 0 Å². The van der Waals surface area contributed by atoms with Gasteiger partial charge < -0.3 is 24.6 Å². The van der Waals surface area contributed by atoms with Gasteiger partial charge in [0.15, 0.2) is 11.5 Å². The van der Waals surface area contributed by atoms with E-state index in [-0.39, 0.29) is 13.2 Å². The number of methoxy groups -OCH3 is 1. The third kappa shape index (κ3) is 5.44. The molecule has 0 spiro atoms. The van der Waals surface area contributed by atoms with Gasteiger partial charge in [-0.15, -0.1) is 0 Å². The summed E-state index contributed by atoms with van der Waals surface area (Å²) in [6.45, 7) is 4.25. The molecule has 0 amide bonds. The van der Waals surface area contributed by atoms with E-state index in [1.165, 1.54) is 5.56 Å². The van der Waals surface area contributed by atoms with Gasteiger partial charge in [-0.1, -0.05) is 18.2 Å². The van der Waals surface area contributed by atoms with E-state index in [0.29, 0.717) is 18.1 Å². The van der Waals surface area contributed by atoms with Gasteiger partial charge in [0.1, 0.15) is 12.4 Å². The first kappa shape index (κ1) is 18.1. The lowest BCUT2D eigenvalue weighted by Gasteiger charge is -2.13. The maximum atomic E-state index is 8.88. The van der Waals surface area contributed by atoms with E-state index in [1.54, 1.807) is 7.11 Å². The van der Waals surface area contributed by atoms with E-state index in [9.17, 15) is 0 Å². The molecule has 0 aromatic heterocycles. The molecule has 5 heteroatoms. The number of ether oxygens (including phenoxy) is 3. The molecule has 0 aliphatic carbocycles. The maximum absolute atomic E-state index is 8.88. The maximum Gasteiger partial charge on any atom is 0.161 e. The number of hydrogen-bond acceptors (Lipinski definition) is 5. The summed E-state index contributed by atoms with van der Waals surface area (Å²) in [5, 5.41) is 12.3. The van der Waals surface area contributed by atoms with Gasteiger partial charge in [0.05, 0.1) is 20.3 Å². The van der Waals surface area contributed by atoms with Crippen LogP contribution in [0.3, 0.4) is 0 Å².